The van der Waals surface area contributed by atoms with Crippen molar-refractivity contribution in [1.29, 1.82) is 0 Å². The number of hydrogen-bond acceptors (Lipinski definition) is 5. The zero-order chi connectivity index (χ0) is 17.4. The van der Waals surface area contributed by atoms with Gasteiger partial charge in [0.25, 0.3) is 5.72 Å². The molecule has 0 bridgehead atoms. The van der Waals surface area contributed by atoms with Crippen molar-refractivity contribution < 1.29 is 28.4 Å². The predicted octanol–water partition coefficient (Wildman–Crippen LogP) is 2.90. The molecule has 0 N–H and O–H groups in total. The van der Waals surface area contributed by atoms with Crippen molar-refractivity contribution in [3.8, 4) is 0 Å². The summed E-state index contributed by atoms with van der Waals surface area (Å²) in [4.78, 5) is 23.1. The number of amides is 1. The van der Waals surface area contributed by atoms with Crippen LogP contribution in [0.25, 0.3) is 0 Å². The van der Waals surface area contributed by atoms with Crippen molar-refractivity contribution in [2.75, 3.05) is 13.7 Å². The Morgan fingerprint density at radius 3 is 2.18 bits per heavy atom. The number of carbonyl (C=O) groups is 2. The van der Waals surface area contributed by atoms with E-state index in [1.54, 1.807) is 33.1 Å². The monoisotopic (exact) mass is 314 g/mol. The molecule has 0 aliphatic carbocycles. The molecule has 0 aromatic heterocycles. The number of methoxy groups -OCH3 is 1. The Balaban J connectivity index is 4.60. The first-order valence-corrected chi connectivity index (χ1v) is 7.23. The summed E-state index contributed by atoms with van der Waals surface area (Å²) in [6.07, 6.45) is 4.69. The van der Waals surface area contributed by atoms with E-state index in [1.807, 2.05) is 20.8 Å². The van der Waals surface area contributed by atoms with Crippen LogP contribution < -0.4 is 0 Å². The van der Waals surface area contributed by atoms with Gasteiger partial charge in [-0.05, 0) is 27.2 Å². The molecule has 0 aliphatic heterocycles. The van der Waals surface area contributed by atoms with E-state index < -0.39 is 23.4 Å². The van der Waals surface area contributed by atoms with Gasteiger partial charge in [-0.25, -0.2) is 4.79 Å². The Hall–Kier alpha value is -1.69. The molecule has 0 saturated heterocycles. The number of rotatable bonds is 6. The molecular weight excluding hydrogens is 286 g/mol. The van der Waals surface area contributed by atoms with E-state index in [-0.39, 0.29) is 0 Å². The van der Waals surface area contributed by atoms with Gasteiger partial charge in [0.2, 0.25) is 0 Å². The molecule has 0 spiro atoms. The lowest BCUT2D eigenvalue weighted by molar-refractivity contribution is -0.586. The molecule has 22 heavy (non-hydrogen) atoms. The second-order valence-electron chi connectivity index (χ2n) is 6.12. The van der Waals surface area contributed by atoms with E-state index in [1.165, 1.54) is 17.8 Å². The van der Waals surface area contributed by atoms with Gasteiger partial charge < -0.3 is 14.2 Å². The molecule has 6 heteroatoms. The minimum Gasteiger partial charge on any atom is -0.466 e. The van der Waals surface area contributed by atoms with Crippen LogP contribution in [0.1, 0.15) is 48.0 Å². The number of ether oxygens (including phenoxy) is 3. The van der Waals surface area contributed by atoms with Crippen LogP contribution in [-0.4, -0.2) is 47.9 Å². The van der Waals surface area contributed by atoms with Crippen molar-refractivity contribution in [2.24, 2.45) is 0 Å². The number of carbonyl (C=O) groups excluding carboxylic acids is 2. The Morgan fingerprint density at radius 1 is 1.14 bits per heavy atom. The molecule has 0 rings (SSSR count). The largest absolute Gasteiger partial charge is 0.599 e. The molecule has 0 heterocycles. The van der Waals surface area contributed by atoms with E-state index in [0.29, 0.717) is 13.0 Å². The van der Waals surface area contributed by atoms with Crippen LogP contribution >= 0.6 is 0 Å². The quantitative estimate of drug-likeness (QED) is 0.188. The third kappa shape index (κ3) is 7.93. The minimum atomic E-state index is -0.851. The minimum absolute atomic E-state index is 0.355. The second-order valence-corrected chi connectivity index (χ2v) is 6.12. The molecule has 0 aromatic carbocycles. The Labute approximate surface area is 132 Å². The van der Waals surface area contributed by atoms with E-state index in [9.17, 15) is 9.59 Å². The Morgan fingerprint density at radius 2 is 1.73 bits per heavy atom. The first kappa shape index (κ1) is 20.3. The lowest BCUT2D eigenvalue weighted by Gasteiger charge is -2.23. The van der Waals surface area contributed by atoms with Crippen LogP contribution in [0.4, 0.5) is 4.79 Å². The predicted molar refractivity (Wildman–Crippen MR) is 84.0 cm³/mol. The highest BCUT2D eigenvalue weighted by Crippen LogP contribution is 2.16. The number of hydrogen-bond donors (Lipinski definition) is 0. The third-order valence-corrected chi connectivity index (χ3v) is 2.62. The molecule has 0 radical (unpaired) electrons. The summed E-state index contributed by atoms with van der Waals surface area (Å²) in [5.41, 5.74) is -1.42. The summed E-state index contributed by atoms with van der Waals surface area (Å²) < 4.78 is 17.0. The summed E-state index contributed by atoms with van der Waals surface area (Å²) in [5.74, 6) is -0.406. The first-order chi connectivity index (χ1) is 10.0. The Bertz CT molecular complexity index is 444. The van der Waals surface area contributed by atoms with Gasteiger partial charge in [-0.2, -0.15) is 4.79 Å². The van der Waals surface area contributed by atoms with Crippen molar-refractivity contribution in [3.63, 3.8) is 0 Å². The fraction of sp³-hybridized carbons (Fsp3) is 0.688. The first-order valence-electron chi connectivity index (χ1n) is 7.23. The molecule has 126 valence electrons. The van der Waals surface area contributed by atoms with Crippen molar-refractivity contribution >= 4 is 18.3 Å². The van der Waals surface area contributed by atoms with E-state index in [4.69, 9.17) is 9.47 Å². The van der Waals surface area contributed by atoms with Gasteiger partial charge in [0.1, 0.15) is 5.60 Å². The topological polar surface area (TPSA) is 64.8 Å². The maximum absolute atomic E-state index is 12.2. The van der Waals surface area contributed by atoms with Crippen LogP contribution in [-0.2, 0) is 19.0 Å². The summed E-state index contributed by atoms with van der Waals surface area (Å²) >= 11 is 0. The fourth-order valence-corrected chi connectivity index (χ4v) is 1.64. The molecule has 1 amide bonds. The van der Waals surface area contributed by atoms with Gasteiger partial charge in [0.15, 0.2) is 6.21 Å². The maximum Gasteiger partial charge on any atom is 0.599 e. The van der Waals surface area contributed by atoms with Crippen LogP contribution in [0, 0.1) is 0 Å². The Kier molecular flexibility index (Phi) is 8.01. The summed E-state index contributed by atoms with van der Waals surface area (Å²) in [6.45, 7) is 11.1. The van der Waals surface area contributed by atoms with Crippen LogP contribution in [0.15, 0.2) is 12.2 Å². The van der Waals surface area contributed by atoms with Gasteiger partial charge >= 0.3 is 12.1 Å². The lowest BCUT2D eigenvalue weighted by Crippen LogP contribution is -2.45. The molecule has 6 nitrogen and oxygen atoms in total. The van der Waals surface area contributed by atoms with Gasteiger partial charge in [0.05, 0.1) is 13.7 Å². The smallest absolute Gasteiger partial charge is 0.466 e. The normalized spacial score (nSPS) is 13.3. The zero-order valence-electron chi connectivity index (χ0n) is 14.6. The highest BCUT2D eigenvalue weighted by Gasteiger charge is 2.39. The maximum atomic E-state index is 12.2. The highest BCUT2D eigenvalue weighted by molar-refractivity contribution is 5.81. The summed E-state index contributed by atoms with van der Waals surface area (Å²) in [6, 6.07) is 0. The SMILES string of the molecule is CC=[N+](C(=O)OC(C)(C)C)C(C)(C)OCCC=CC(=O)OC. The van der Waals surface area contributed by atoms with Crippen molar-refractivity contribution in [3.05, 3.63) is 12.2 Å². The van der Waals surface area contributed by atoms with E-state index in [0.717, 1.165) is 0 Å². The van der Waals surface area contributed by atoms with Gasteiger partial charge in [0, 0.05) is 26.8 Å². The van der Waals surface area contributed by atoms with Crippen LogP contribution in [0.3, 0.4) is 0 Å². The van der Waals surface area contributed by atoms with Crippen LogP contribution in [0.2, 0.25) is 0 Å². The van der Waals surface area contributed by atoms with Gasteiger partial charge in [-0.3, -0.25) is 0 Å². The molecule has 0 aliphatic rings. The van der Waals surface area contributed by atoms with Crippen LogP contribution in [0.5, 0.6) is 0 Å². The number of nitrogens with zero attached hydrogens (tertiary/aromatic N) is 1. The standard InChI is InChI=1S/C16H28NO5/c1-8-17(14(19)22-15(2,3)4)16(5,6)21-12-10-9-11-13(18)20-7/h8-9,11H,10,12H2,1-7H3/q+1. The average molecular weight is 314 g/mol. The van der Waals surface area contributed by atoms with Crippen molar-refractivity contribution in [1.82, 2.24) is 0 Å². The van der Waals surface area contributed by atoms with E-state index >= 15 is 0 Å². The second kappa shape index (κ2) is 8.68. The molecular formula is C16H28NO5+. The summed E-state index contributed by atoms with van der Waals surface area (Å²) in [7, 11) is 1.32. The van der Waals surface area contributed by atoms with Crippen molar-refractivity contribution in [2.45, 2.75) is 59.3 Å². The molecule has 0 atom stereocenters. The molecule has 0 saturated carbocycles. The average Bonchev–Trinajstić information content (AvgIpc) is 2.36. The third-order valence-electron chi connectivity index (χ3n) is 2.62. The van der Waals surface area contributed by atoms with E-state index in [2.05, 4.69) is 4.74 Å². The fourth-order valence-electron chi connectivity index (χ4n) is 1.64. The van der Waals surface area contributed by atoms with Gasteiger partial charge in [-0.1, -0.05) is 6.08 Å². The zero-order valence-corrected chi connectivity index (χ0v) is 14.6. The molecule has 0 unspecified atom stereocenters. The summed E-state index contributed by atoms with van der Waals surface area (Å²) in [5, 5.41) is 0. The highest BCUT2D eigenvalue weighted by atomic mass is 16.6. The number of esters is 1. The molecule has 0 fully saturated rings. The lowest BCUT2D eigenvalue weighted by atomic mass is 10.2. The molecule has 0 aromatic rings. The van der Waals surface area contributed by atoms with Gasteiger partial charge in [-0.15, -0.1) is 4.58 Å².